The molecule has 0 aliphatic carbocycles. The Kier molecular flexibility index (Phi) is 6.51. The number of unbranched alkanes of at least 4 members (excludes halogenated alkanes) is 3. The highest BCUT2D eigenvalue weighted by atomic mass is 32.2. The summed E-state index contributed by atoms with van der Waals surface area (Å²) in [6.07, 6.45) is 3.61. The van der Waals surface area contributed by atoms with E-state index in [-0.39, 0.29) is 12.2 Å². The number of hydrogen-bond donors (Lipinski definition) is 2. The van der Waals surface area contributed by atoms with Crippen LogP contribution in [0.1, 0.15) is 53.3 Å². The van der Waals surface area contributed by atoms with Gasteiger partial charge in [0, 0.05) is 0 Å². The van der Waals surface area contributed by atoms with Crippen molar-refractivity contribution < 1.29 is 32.4 Å². The molecule has 0 saturated carbocycles. The molecule has 122 valence electrons. The summed E-state index contributed by atoms with van der Waals surface area (Å²) < 4.78 is 36.2. The Balaban J connectivity index is 2.91. The SMILES string of the molecule is CCCCCCOC(=O)c1cc(C(=O)O)cc(S(=O)(=O)O)c1. The summed E-state index contributed by atoms with van der Waals surface area (Å²) in [5.41, 5.74) is -0.656. The minimum atomic E-state index is -4.62. The fourth-order valence-electron chi connectivity index (χ4n) is 1.77. The van der Waals surface area contributed by atoms with Crippen molar-refractivity contribution in [1.29, 1.82) is 0 Å². The topological polar surface area (TPSA) is 118 Å². The first-order chi connectivity index (χ1) is 10.3. The van der Waals surface area contributed by atoms with Gasteiger partial charge in [0.25, 0.3) is 10.1 Å². The summed E-state index contributed by atoms with van der Waals surface area (Å²) in [5, 5.41) is 8.93. The fraction of sp³-hybridized carbons (Fsp3) is 0.429. The van der Waals surface area contributed by atoms with Crippen molar-refractivity contribution in [2.24, 2.45) is 0 Å². The molecule has 1 rings (SSSR count). The normalized spacial score (nSPS) is 11.2. The molecule has 8 heteroatoms. The lowest BCUT2D eigenvalue weighted by Crippen LogP contribution is -2.11. The Morgan fingerprint density at radius 1 is 1.09 bits per heavy atom. The number of ether oxygens (including phenoxy) is 1. The van der Waals surface area contributed by atoms with Gasteiger partial charge in [-0.1, -0.05) is 26.2 Å². The van der Waals surface area contributed by atoms with E-state index in [1.807, 2.05) is 6.92 Å². The number of carboxylic acids is 1. The van der Waals surface area contributed by atoms with Gasteiger partial charge in [-0.25, -0.2) is 9.59 Å². The van der Waals surface area contributed by atoms with Crippen LogP contribution in [0.2, 0.25) is 0 Å². The molecular formula is C14H18O7S. The molecule has 2 N–H and O–H groups in total. The number of carbonyl (C=O) groups excluding carboxylic acids is 1. The van der Waals surface area contributed by atoms with E-state index in [0.717, 1.165) is 37.5 Å². The molecule has 0 heterocycles. The number of rotatable bonds is 8. The summed E-state index contributed by atoms with van der Waals surface area (Å²) in [6, 6.07) is 2.66. The summed E-state index contributed by atoms with van der Waals surface area (Å²) >= 11 is 0. The van der Waals surface area contributed by atoms with Gasteiger partial charge in [-0.3, -0.25) is 4.55 Å². The van der Waals surface area contributed by atoms with Crippen LogP contribution in [0.4, 0.5) is 0 Å². The van der Waals surface area contributed by atoms with E-state index in [1.54, 1.807) is 0 Å². The fourth-order valence-corrected chi connectivity index (χ4v) is 2.32. The molecule has 0 aliphatic rings. The molecule has 0 aliphatic heterocycles. The molecule has 0 fully saturated rings. The van der Waals surface area contributed by atoms with Crippen molar-refractivity contribution in [2.75, 3.05) is 6.61 Å². The van der Waals surface area contributed by atoms with Crippen LogP contribution in [-0.4, -0.2) is 36.6 Å². The van der Waals surface area contributed by atoms with Crippen LogP contribution in [0.15, 0.2) is 23.1 Å². The number of hydrogen-bond acceptors (Lipinski definition) is 5. The first kappa shape index (κ1) is 18.1. The lowest BCUT2D eigenvalue weighted by Gasteiger charge is -2.07. The molecule has 1 aromatic rings. The molecule has 1 aromatic carbocycles. The number of esters is 1. The third kappa shape index (κ3) is 5.45. The highest BCUT2D eigenvalue weighted by Gasteiger charge is 2.18. The van der Waals surface area contributed by atoms with Gasteiger partial charge >= 0.3 is 11.9 Å². The molecule has 0 saturated heterocycles. The van der Waals surface area contributed by atoms with Gasteiger partial charge in [0.15, 0.2) is 0 Å². The zero-order valence-electron chi connectivity index (χ0n) is 12.1. The van der Waals surface area contributed by atoms with Crippen LogP contribution >= 0.6 is 0 Å². The van der Waals surface area contributed by atoms with E-state index in [2.05, 4.69) is 0 Å². The van der Waals surface area contributed by atoms with Gasteiger partial charge in [-0.05, 0) is 24.6 Å². The molecule has 0 unspecified atom stereocenters. The van der Waals surface area contributed by atoms with Crippen molar-refractivity contribution in [3.8, 4) is 0 Å². The van der Waals surface area contributed by atoms with E-state index < -0.39 is 32.5 Å². The van der Waals surface area contributed by atoms with Crippen molar-refractivity contribution >= 4 is 22.1 Å². The molecule has 22 heavy (non-hydrogen) atoms. The standard InChI is InChI=1S/C14H18O7S/c1-2-3-4-5-6-21-14(17)11-7-10(13(15)16)8-12(9-11)22(18,19)20/h7-9H,2-6H2,1H3,(H,15,16)(H,18,19,20). The summed E-state index contributed by atoms with van der Waals surface area (Å²) in [5.74, 6) is -2.24. The molecule has 0 amide bonds. The number of carbonyl (C=O) groups is 2. The smallest absolute Gasteiger partial charge is 0.338 e. The van der Waals surface area contributed by atoms with E-state index in [4.69, 9.17) is 14.4 Å². The van der Waals surface area contributed by atoms with Crippen molar-refractivity contribution in [1.82, 2.24) is 0 Å². The Labute approximate surface area is 128 Å². The molecule has 0 radical (unpaired) electrons. The number of carboxylic acid groups (broad SMARTS) is 1. The minimum absolute atomic E-state index is 0.164. The molecule has 7 nitrogen and oxygen atoms in total. The molecule has 0 spiro atoms. The van der Waals surface area contributed by atoms with E-state index in [0.29, 0.717) is 6.42 Å². The van der Waals surface area contributed by atoms with E-state index >= 15 is 0 Å². The lowest BCUT2D eigenvalue weighted by molar-refractivity contribution is 0.0497. The first-order valence-electron chi connectivity index (χ1n) is 6.78. The summed E-state index contributed by atoms with van der Waals surface area (Å²) in [4.78, 5) is 22.1. The Morgan fingerprint density at radius 2 is 1.73 bits per heavy atom. The van der Waals surface area contributed by atoms with Crippen molar-refractivity contribution in [2.45, 2.75) is 37.5 Å². The third-order valence-corrected chi connectivity index (χ3v) is 3.75. The number of benzene rings is 1. The van der Waals surface area contributed by atoms with Gasteiger partial charge < -0.3 is 9.84 Å². The Hall–Kier alpha value is -1.93. The van der Waals surface area contributed by atoms with Gasteiger partial charge in [-0.15, -0.1) is 0 Å². The third-order valence-electron chi connectivity index (χ3n) is 2.92. The second-order valence-electron chi connectivity index (χ2n) is 4.72. The van der Waals surface area contributed by atoms with E-state index in [9.17, 15) is 18.0 Å². The van der Waals surface area contributed by atoms with Crippen molar-refractivity contribution in [3.63, 3.8) is 0 Å². The highest BCUT2D eigenvalue weighted by molar-refractivity contribution is 7.85. The minimum Gasteiger partial charge on any atom is -0.478 e. The quantitative estimate of drug-likeness (QED) is 0.427. The van der Waals surface area contributed by atoms with E-state index in [1.165, 1.54) is 0 Å². The molecule has 0 bridgehead atoms. The largest absolute Gasteiger partial charge is 0.478 e. The second-order valence-corrected chi connectivity index (χ2v) is 6.14. The van der Waals surface area contributed by atoms with Gasteiger partial charge in [0.05, 0.1) is 22.6 Å². The monoisotopic (exact) mass is 330 g/mol. The first-order valence-corrected chi connectivity index (χ1v) is 8.22. The predicted octanol–water partition coefficient (Wildman–Crippen LogP) is 2.37. The van der Waals surface area contributed by atoms with Crippen LogP contribution in [0, 0.1) is 0 Å². The Morgan fingerprint density at radius 3 is 2.27 bits per heavy atom. The lowest BCUT2D eigenvalue weighted by atomic mass is 10.1. The molecule has 0 aromatic heterocycles. The Bertz CT molecular complexity index is 649. The molecule has 0 atom stereocenters. The highest BCUT2D eigenvalue weighted by Crippen LogP contribution is 2.16. The average molecular weight is 330 g/mol. The maximum Gasteiger partial charge on any atom is 0.338 e. The van der Waals surface area contributed by atoms with Gasteiger partial charge in [0.1, 0.15) is 0 Å². The van der Waals surface area contributed by atoms with Crippen LogP contribution in [0.5, 0.6) is 0 Å². The molecular weight excluding hydrogens is 312 g/mol. The van der Waals surface area contributed by atoms with Crippen molar-refractivity contribution in [3.05, 3.63) is 29.3 Å². The maximum absolute atomic E-state index is 11.8. The second kappa shape index (κ2) is 7.90. The summed E-state index contributed by atoms with van der Waals surface area (Å²) in [7, 11) is -4.62. The van der Waals surface area contributed by atoms with Crippen LogP contribution < -0.4 is 0 Å². The number of aromatic carboxylic acids is 1. The zero-order valence-corrected chi connectivity index (χ0v) is 12.9. The van der Waals surface area contributed by atoms with Crippen LogP contribution in [-0.2, 0) is 14.9 Å². The summed E-state index contributed by atoms with van der Waals surface area (Å²) in [6.45, 7) is 2.21. The maximum atomic E-state index is 11.8. The van der Waals surface area contributed by atoms with Crippen LogP contribution in [0.3, 0.4) is 0 Å². The zero-order chi connectivity index (χ0) is 16.8. The van der Waals surface area contributed by atoms with Gasteiger partial charge in [0.2, 0.25) is 0 Å². The average Bonchev–Trinajstić information content (AvgIpc) is 2.45. The predicted molar refractivity (Wildman–Crippen MR) is 77.6 cm³/mol. The van der Waals surface area contributed by atoms with Crippen LogP contribution in [0.25, 0.3) is 0 Å². The van der Waals surface area contributed by atoms with Gasteiger partial charge in [-0.2, -0.15) is 8.42 Å².